The van der Waals surface area contributed by atoms with Gasteiger partial charge in [0.25, 0.3) is 0 Å². The lowest BCUT2D eigenvalue weighted by Crippen LogP contribution is -2.21. The van der Waals surface area contributed by atoms with Crippen LogP contribution in [-0.4, -0.2) is 16.0 Å². The van der Waals surface area contributed by atoms with Crippen LogP contribution in [0.3, 0.4) is 0 Å². The van der Waals surface area contributed by atoms with E-state index < -0.39 is 5.91 Å². The first-order valence-corrected chi connectivity index (χ1v) is 7.42. The normalized spacial score (nSPS) is 10.0. The third kappa shape index (κ3) is 4.02. The fraction of sp³-hybridized carbons (Fsp3) is 0.188. The zero-order valence-corrected chi connectivity index (χ0v) is 13.1. The Bertz CT molecular complexity index is 673. The molecular formula is C16H18N4OS. The number of amides is 1. The Labute approximate surface area is 134 Å². The van der Waals surface area contributed by atoms with Gasteiger partial charge in [-0.3, -0.25) is 9.78 Å². The van der Waals surface area contributed by atoms with Gasteiger partial charge in [-0.05, 0) is 48.5 Å². The number of carbonyl (C=O) groups is 1. The molecule has 4 N–H and O–H groups in total. The molecule has 6 heteroatoms. The second-order valence-electron chi connectivity index (χ2n) is 4.77. The molecule has 0 saturated carbocycles. The molecule has 0 aliphatic heterocycles. The summed E-state index contributed by atoms with van der Waals surface area (Å²) in [4.78, 5) is 15.6. The monoisotopic (exact) mass is 314 g/mol. The predicted octanol–water partition coefficient (Wildman–Crippen LogP) is 2.94. The molecule has 0 unspecified atom stereocenters. The highest BCUT2D eigenvalue weighted by molar-refractivity contribution is 7.80. The molecule has 0 spiro atoms. The maximum Gasteiger partial charge on any atom is 0.249 e. The van der Waals surface area contributed by atoms with Crippen LogP contribution in [0.15, 0.2) is 42.7 Å². The number of benzene rings is 1. The van der Waals surface area contributed by atoms with Gasteiger partial charge in [0.2, 0.25) is 5.91 Å². The van der Waals surface area contributed by atoms with Crippen LogP contribution in [-0.2, 0) is 6.42 Å². The van der Waals surface area contributed by atoms with Crippen molar-refractivity contribution in [2.45, 2.75) is 19.8 Å². The first-order valence-electron chi connectivity index (χ1n) is 7.01. The van der Waals surface area contributed by atoms with Gasteiger partial charge in [0.15, 0.2) is 5.11 Å². The topological polar surface area (TPSA) is 80.0 Å². The molecule has 5 nitrogen and oxygen atoms in total. The van der Waals surface area contributed by atoms with Crippen molar-refractivity contribution in [2.75, 3.05) is 10.6 Å². The van der Waals surface area contributed by atoms with E-state index in [-0.39, 0.29) is 0 Å². The molecule has 0 atom stereocenters. The summed E-state index contributed by atoms with van der Waals surface area (Å²) in [5.74, 6) is -0.432. The highest BCUT2D eigenvalue weighted by Gasteiger charge is 2.12. The van der Waals surface area contributed by atoms with Crippen molar-refractivity contribution in [3.05, 3.63) is 53.9 Å². The smallest absolute Gasteiger partial charge is 0.249 e. The van der Waals surface area contributed by atoms with Crippen LogP contribution in [0.25, 0.3) is 0 Å². The van der Waals surface area contributed by atoms with E-state index in [0.29, 0.717) is 10.7 Å². The van der Waals surface area contributed by atoms with Gasteiger partial charge in [0.1, 0.15) is 0 Å². The Hall–Kier alpha value is -2.47. The number of anilines is 2. The van der Waals surface area contributed by atoms with Crippen LogP contribution >= 0.6 is 12.2 Å². The minimum atomic E-state index is -0.432. The Morgan fingerprint density at radius 2 is 2.09 bits per heavy atom. The molecular weight excluding hydrogens is 296 g/mol. The molecule has 0 saturated heterocycles. The van der Waals surface area contributed by atoms with Gasteiger partial charge in [0.05, 0.1) is 11.9 Å². The van der Waals surface area contributed by atoms with Gasteiger partial charge in [-0.2, -0.15) is 0 Å². The molecule has 0 radical (unpaired) electrons. The van der Waals surface area contributed by atoms with E-state index in [1.54, 1.807) is 24.5 Å². The summed E-state index contributed by atoms with van der Waals surface area (Å²) in [7, 11) is 0. The fourth-order valence-electron chi connectivity index (χ4n) is 2.18. The molecule has 0 fully saturated rings. The van der Waals surface area contributed by atoms with Crippen molar-refractivity contribution in [1.29, 1.82) is 0 Å². The van der Waals surface area contributed by atoms with E-state index in [0.717, 1.165) is 29.8 Å². The van der Waals surface area contributed by atoms with Gasteiger partial charge in [-0.15, -0.1) is 0 Å². The molecule has 1 amide bonds. The highest BCUT2D eigenvalue weighted by atomic mass is 32.1. The molecule has 2 rings (SSSR count). The zero-order valence-electron chi connectivity index (χ0n) is 12.3. The molecule has 22 heavy (non-hydrogen) atoms. The average Bonchev–Trinajstić information content (AvgIpc) is 2.50. The van der Waals surface area contributed by atoms with Crippen molar-refractivity contribution in [3.8, 4) is 0 Å². The van der Waals surface area contributed by atoms with Crippen molar-refractivity contribution in [3.63, 3.8) is 0 Å². The SMILES string of the molecule is CCCc1c(NC(=S)Nc2cccnc2)cccc1C(N)=O. The first kappa shape index (κ1) is 15.9. The number of pyridine rings is 1. The largest absolute Gasteiger partial charge is 0.366 e. The standard InChI is InChI=1S/C16H18N4OS/c1-2-5-12-13(15(17)21)7-3-8-14(12)20-16(22)19-11-6-4-9-18-10-11/h3-4,6-10H,2,5H2,1H3,(H2,17,21)(H2,19,20,22). The molecule has 1 aromatic heterocycles. The van der Waals surface area contributed by atoms with Crippen molar-refractivity contribution in [1.82, 2.24) is 4.98 Å². The van der Waals surface area contributed by atoms with Crippen molar-refractivity contribution in [2.24, 2.45) is 5.73 Å². The predicted molar refractivity (Wildman–Crippen MR) is 93.0 cm³/mol. The Morgan fingerprint density at radius 1 is 1.27 bits per heavy atom. The van der Waals surface area contributed by atoms with E-state index in [4.69, 9.17) is 18.0 Å². The van der Waals surface area contributed by atoms with E-state index in [2.05, 4.69) is 15.6 Å². The second-order valence-corrected chi connectivity index (χ2v) is 5.18. The number of carbonyl (C=O) groups excluding carboxylic acids is 1. The number of hydrogen-bond acceptors (Lipinski definition) is 3. The first-order chi connectivity index (χ1) is 10.6. The zero-order chi connectivity index (χ0) is 15.9. The van der Waals surface area contributed by atoms with Crippen molar-refractivity contribution >= 4 is 34.6 Å². The number of aromatic nitrogens is 1. The third-order valence-electron chi connectivity index (χ3n) is 3.11. The van der Waals surface area contributed by atoms with Crippen molar-refractivity contribution < 1.29 is 4.79 Å². The molecule has 0 aliphatic rings. The maximum absolute atomic E-state index is 11.6. The lowest BCUT2D eigenvalue weighted by molar-refractivity contribution is 0.0999. The maximum atomic E-state index is 11.6. The van der Waals surface area contributed by atoms with E-state index >= 15 is 0 Å². The molecule has 0 aliphatic carbocycles. The lowest BCUT2D eigenvalue weighted by Gasteiger charge is -2.16. The Balaban J connectivity index is 2.19. The number of thiocarbonyl (C=S) groups is 1. The summed E-state index contributed by atoms with van der Waals surface area (Å²) in [5, 5.41) is 6.61. The number of primary amides is 1. The summed E-state index contributed by atoms with van der Waals surface area (Å²) < 4.78 is 0. The quantitative estimate of drug-likeness (QED) is 0.739. The Morgan fingerprint density at radius 3 is 2.73 bits per heavy atom. The summed E-state index contributed by atoms with van der Waals surface area (Å²) in [6, 6.07) is 9.09. The molecule has 0 bridgehead atoms. The average molecular weight is 314 g/mol. The summed E-state index contributed by atoms with van der Waals surface area (Å²) >= 11 is 5.30. The van der Waals surface area contributed by atoms with E-state index in [1.807, 2.05) is 25.1 Å². The van der Waals surface area contributed by atoms with Crippen LogP contribution in [0.2, 0.25) is 0 Å². The van der Waals surface area contributed by atoms with Gasteiger partial charge in [0, 0.05) is 17.4 Å². The van der Waals surface area contributed by atoms with E-state index in [9.17, 15) is 4.79 Å². The number of nitrogens with one attached hydrogen (secondary N) is 2. The van der Waals surface area contributed by atoms with Crippen LogP contribution in [0.1, 0.15) is 29.3 Å². The van der Waals surface area contributed by atoms with Crippen LogP contribution < -0.4 is 16.4 Å². The minimum absolute atomic E-state index is 0.432. The number of nitrogens with zero attached hydrogens (tertiary/aromatic N) is 1. The number of rotatable bonds is 5. The van der Waals surface area contributed by atoms with Crippen LogP contribution in [0, 0.1) is 0 Å². The van der Waals surface area contributed by atoms with E-state index in [1.165, 1.54) is 0 Å². The molecule has 2 aromatic rings. The lowest BCUT2D eigenvalue weighted by atomic mass is 10.0. The van der Waals surface area contributed by atoms with Crippen LogP contribution in [0.5, 0.6) is 0 Å². The van der Waals surface area contributed by atoms with Gasteiger partial charge in [-0.25, -0.2) is 0 Å². The highest BCUT2D eigenvalue weighted by Crippen LogP contribution is 2.22. The Kier molecular flexibility index (Phi) is 5.43. The molecule has 114 valence electrons. The summed E-state index contributed by atoms with van der Waals surface area (Å²) in [5.41, 5.74) is 8.44. The fourth-order valence-corrected chi connectivity index (χ4v) is 2.40. The third-order valence-corrected chi connectivity index (χ3v) is 3.31. The molecule has 1 heterocycles. The van der Waals surface area contributed by atoms with Gasteiger partial charge >= 0.3 is 0 Å². The minimum Gasteiger partial charge on any atom is -0.366 e. The number of hydrogen-bond donors (Lipinski definition) is 3. The van der Waals surface area contributed by atoms with Gasteiger partial charge in [-0.1, -0.05) is 19.4 Å². The second kappa shape index (κ2) is 7.51. The van der Waals surface area contributed by atoms with Crippen LogP contribution in [0.4, 0.5) is 11.4 Å². The number of nitrogens with two attached hydrogens (primary N) is 1. The molecule has 1 aromatic carbocycles. The summed E-state index contributed by atoms with van der Waals surface area (Å²) in [6.45, 7) is 2.05. The van der Waals surface area contributed by atoms with Gasteiger partial charge < -0.3 is 16.4 Å². The summed E-state index contributed by atoms with van der Waals surface area (Å²) in [6.07, 6.45) is 5.02.